The van der Waals surface area contributed by atoms with Gasteiger partial charge in [0, 0.05) is 39.3 Å². The van der Waals surface area contributed by atoms with Crippen molar-refractivity contribution in [2.24, 2.45) is 5.92 Å². The number of ether oxygens (including phenoxy) is 1. The normalized spacial score (nSPS) is 16.1. The number of nitrogen functional groups attached to an aromatic ring is 1. The first-order valence-corrected chi connectivity index (χ1v) is 10.8. The predicted octanol–water partition coefficient (Wildman–Crippen LogP) is 1.54. The molecule has 0 atom stereocenters. The van der Waals surface area contributed by atoms with Crippen molar-refractivity contribution < 1.29 is 4.74 Å². The van der Waals surface area contributed by atoms with Gasteiger partial charge in [0.05, 0.1) is 6.61 Å². The molecule has 0 bridgehead atoms. The van der Waals surface area contributed by atoms with E-state index in [1.165, 1.54) is 6.54 Å². The minimum Gasteiger partial charge on any atom is -0.463 e. The third kappa shape index (κ3) is 5.70. The number of nitrogens with one attached hydrogen (secondary N) is 1. The molecule has 1 aliphatic heterocycles. The molecular formula is C20H35N7O2. The van der Waals surface area contributed by atoms with Crippen LogP contribution in [0.2, 0.25) is 0 Å². The molecule has 0 aromatic carbocycles. The average molecular weight is 406 g/mol. The van der Waals surface area contributed by atoms with E-state index in [9.17, 15) is 4.79 Å². The summed E-state index contributed by atoms with van der Waals surface area (Å²) >= 11 is 0. The quantitative estimate of drug-likeness (QED) is 0.578. The molecule has 1 saturated heterocycles. The van der Waals surface area contributed by atoms with Gasteiger partial charge in [-0.1, -0.05) is 27.2 Å². The fourth-order valence-corrected chi connectivity index (χ4v) is 3.77. The van der Waals surface area contributed by atoms with Gasteiger partial charge >= 0.3 is 11.7 Å². The smallest absolute Gasteiger partial charge is 0.327 e. The van der Waals surface area contributed by atoms with E-state index in [1.54, 1.807) is 4.57 Å². The number of H-pyrrole nitrogens is 1. The lowest BCUT2D eigenvalue weighted by molar-refractivity contribution is 0.120. The second kappa shape index (κ2) is 10.1. The lowest BCUT2D eigenvalue weighted by Crippen LogP contribution is -2.47. The molecule has 9 heteroatoms. The topological polar surface area (TPSA) is 105 Å². The second-order valence-electron chi connectivity index (χ2n) is 8.26. The summed E-state index contributed by atoms with van der Waals surface area (Å²) in [5.74, 6) is 0.958. The number of imidazole rings is 1. The van der Waals surface area contributed by atoms with Gasteiger partial charge < -0.3 is 25.3 Å². The third-order valence-corrected chi connectivity index (χ3v) is 5.30. The standard InChI is InChI=1S/C20H35N7O2/c1-4-5-13-29-19-23-17(21)16-18(24-19)27(20(28)22-16)8-6-7-25-9-11-26(12-10-25)14-15(2)3/h15H,4-14H2,1-3H3,(H,22,28)(H2,21,23,24). The van der Waals surface area contributed by atoms with E-state index in [2.05, 4.69) is 45.5 Å². The molecule has 1 fully saturated rings. The molecule has 3 heterocycles. The number of fused-ring (bicyclic) bond motifs is 1. The lowest BCUT2D eigenvalue weighted by atomic mass is 10.2. The summed E-state index contributed by atoms with van der Waals surface area (Å²) in [6.45, 7) is 14.3. The van der Waals surface area contributed by atoms with Crippen LogP contribution in [0.1, 0.15) is 40.0 Å². The first-order valence-electron chi connectivity index (χ1n) is 10.8. The van der Waals surface area contributed by atoms with Crippen LogP contribution in [0.25, 0.3) is 11.2 Å². The Kier molecular flexibility index (Phi) is 7.49. The molecule has 0 aliphatic carbocycles. The zero-order valence-corrected chi connectivity index (χ0v) is 18.0. The number of piperazine rings is 1. The van der Waals surface area contributed by atoms with Crippen molar-refractivity contribution in [1.29, 1.82) is 0 Å². The van der Waals surface area contributed by atoms with E-state index < -0.39 is 0 Å². The summed E-state index contributed by atoms with van der Waals surface area (Å²) in [4.78, 5) is 28.8. The van der Waals surface area contributed by atoms with Gasteiger partial charge in [0.1, 0.15) is 5.52 Å². The van der Waals surface area contributed by atoms with E-state index >= 15 is 0 Å². The number of aryl methyl sites for hydroxylation is 1. The van der Waals surface area contributed by atoms with Crippen LogP contribution in [-0.4, -0.2) is 75.2 Å². The number of aromatic amines is 1. The minimum absolute atomic E-state index is 0.200. The van der Waals surface area contributed by atoms with Crippen molar-refractivity contribution in [2.75, 3.05) is 51.6 Å². The number of rotatable bonds is 10. The molecule has 3 rings (SSSR count). The Labute approximate surface area is 172 Å². The number of anilines is 1. The summed E-state index contributed by atoms with van der Waals surface area (Å²) in [6.07, 6.45) is 2.83. The number of unbranched alkanes of at least 4 members (excludes halogenated alkanes) is 1. The van der Waals surface area contributed by atoms with Crippen molar-refractivity contribution in [1.82, 2.24) is 29.3 Å². The number of nitrogens with zero attached hydrogens (tertiary/aromatic N) is 5. The maximum absolute atomic E-state index is 12.4. The molecule has 0 radical (unpaired) electrons. The van der Waals surface area contributed by atoms with Crippen LogP contribution in [0.3, 0.4) is 0 Å². The lowest BCUT2D eigenvalue weighted by Gasteiger charge is -2.35. The van der Waals surface area contributed by atoms with E-state index in [0.29, 0.717) is 30.2 Å². The summed E-state index contributed by atoms with van der Waals surface area (Å²) < 4.78 is 7.24. The monoisotopic (exact) mass is 405 g/mol. The van der Waals surface area contributed by atoms with E-state index in [0.717, 1.165) is 52.0 Å². The van der Waals surface area contributed by atoms with Crippen LogP contribution in [-0.2, 0) is 6.54 Å². The number of hydrogen-bond acceptors (Lipinski definition) is 7. The Morgan fingerprint density at radius 1 is 1.10 bits per heavy atom. The maximum Gasteiger partial charge on any atom is 0.327 e. The summed E-state index contributed by atoms with van der Waals surface area (Å²) in [5.41, 5.74) is 6.82. The van der Waals surface area contributed by atoms with Crippen LogP contribution in [0.5, 0.6) is 6.01 Å². The molecule has 29 heavy (non-hydrogen) atoms. The highest BCUT2D eigenvalue weighted by atomic mass is 16.5. The summed E-state index contributed by atoms with van der Waals surface area (Å²) in [6, 6.07) is 0.234. The number of nitrogens with two attached hydrogens (primary N) is 1. The summed E-state index contributed by atoms with van der Waals surface area (Å²) in [7, 11) is 0. The molecule has 0 unspecified atom stereocenters. The summed E-state index contributed by atoms with van der Waals surface area (Å²) in [5, 5.41) is 0. The zero-order chi connectivity index (χ0) is 20.8. The van der Waals surface area contributed by atoms with Crippen molar-refractivity contribution in [2.45, 2.75) is 46.6 Å². The first kappa shape index (κ1) is 21.6. The van der Waals surface area contributed by atoms with Crippen molar-refractivity contribution in [3.05, 3.63) is 10.5 Å². The highest BCUT2D eigenvalue weighted by Crippen LogP contribution is 2.18. The van der Waals surface area contributed by atoms with Gasteiger partial charge in [0.25, 0.3) is 0 Å². The number of aromatic nitrogens is 4. The van der Waals surface area contributed by atoms with Crippen molar-refractivity contribution >= 4 is 17.0 Å². The molecular weight excluding hydrogens is 370 g/mol. The highest BCUT2D eigenvalue weighted by Gasteiger charge is 2.18. The molecule has 2 aromatic rings. The third-order valence-electron chi connectivity index (χ3n) is 5.30. The molecule has 0 amide bonds. The predicted molar refractivity (Wildman–Crippen MR) is 115 cm³/mol. The first-order chi connectivity index (χ1) is 14.0. The van der Waals surface area contributed by atoms with E-state index in [4.69, 9.17) is 10.5 Å². The molecule has 1 aliphatic rings. The van der Waals surface area contributed by atoms with Gasteiger partial charge in [0.2, 0.25) is 0 Å². The van der Waals surface area contributed by atoms with Gasteiger partial charge in [-0.15, -0.1) is 0 Å². The van der Waals surface area contributed by atoms with Crippen LogP contribution in [0.15, 0.2) is 4.79 Å². The second-order valence-corrected chi connectivity index (χ2v) is 8.26. The Hall–Kier alpha value is -2.13. The van der Waals surface area contributed by atoms with Gasteiger partial charge in [-0.05, 0) is 25.3 Å². The number of hydrogen-bond donors (Lipinski definition) is 2. The van der Waals surface area contributed by atoms with Gasteiger partial charge in [0.15, 0.2) is 11.5 Å². The molecule has 162 valence electrons. The van der Waals surface area contributed by atoms with E-state index in [1.807, 2.05) is 0 Å². The van der Waals surface area contributed by atoms with Crippen LogP contribution in [0, 0.1) is 5.92 Å². The van der Waals surface area contributed by atoms with Gasteiger partial charge in [-0.3, -0.25) is 4.57 Å². The fourth-order valence-electron chi connectivity index (χ4n) is 3.77. The molecule has 0 saturated carbocycles. The largest absolute Gasteiger partial charge is 0.463 e. The van der Waals surface area contributed by atoms with Gasteiger partial charge in [-0.25, -0.2) is 4.79 Å². The molecule has 2 aromatic heterocycles. The SMILES string of the molecule is CCCCOc1nc(N)c2[nH]c(=O)n(CCCN3CCN(CC(C)C)CC3)c2n1. The minimum atomic E-state index is -0.200. The van der Waals surface area contributed by atoms with Gasteiger partial charge in [-0.2, -0.15) is 9.97 Å². The Morgan fingerprint density at radius 3 is 2.52 bits per heavy atom. The van der Waals surface area contributed by atoms with Crippen LogP contribution in [0.4, 0.5) is 5.82 Å². The highest BCUT2D eigenvalue weighted by molar-refractivity contribution is 5.81. The maximum atomic E-state index is 12.4. The molecule has 3 N–H and O–H groups in total. The van der Waals surface area contributed by atoms with Crippen LogP contribution < -0.4 is 16.2 Å². The average Bonchev–Trinajstić information content (AvgIpc) is 2.99. The van der Waals surface area contributed by atoms with Crippen molar-refractivity contribution in [3.8, 4) is 6.01 Å². The van der Waals surface area contributed by atoms with Crippen LogP contribution >= 0.6 is 0 Å². The zero-order valence-electron chi connectivity index (χ0n) is 18.0. The molecule has 0 spiro atoms. The Bertz CT molecular complexity index is 837. The van der Waals surface area contributed by atoms with Crippen molar-refractivity contribution in [3.63, 3.8) is 0 Å². The Morgan fingerprint density at radius 2 is 1.83 bits per heavy atom. The van der Waals surface area contributed by atoms with E-state index in [-0.39, 0.29) is 17.5 Å². The fraction of sp³-hybridized carbons (Fsp3) is 0.750. The molecule has 9 nitrogen and oxygen atoms in total. The Balaban J connectivity index is 1.58.